The molecule has 0 bridgehead atoms. The maximum absolute atomic E-state index is 12.4. The average Bonchev–Trinajstić information content (AvgIpc) is 3.30. The summed E-state index contributed by atoms with van der Waals surface area (Å²) in [7, 11) is 0. The van der Waals surface area contributed by atoms with Gasteiger partial charge in [-0.25, -0.2) is 4.98 Å². The van der Waals surface area contributed by atoms with Crippen LogP contribution < -0.4 is 4.74 Å². The Hall–Kier alpha value is -3.08. The first kappa shape index (κ1) is 21.2. The topological polar surface area (TPSA) is 47.4 Å². The number of carbonyl (C=O) groups is 1. The first-order chi connectivity index (χ1) is 15.1. The van der Waals surface area contributed by atoms with Crippen molar-refractivity contribution in [1.82, 2.24) is 14.5 Å². The average molecular weight is 418 g/mol. The first-order valence-electron chi connectivity index (χ1n) is 11.1. The van der Waals surface area contributed by atoms with Gasteiger partial charge in [-0.2, -0.15) is 0 Å². The van der Waals surface area contributed by atoms with Crippen LogP contribution in [-0.4, -0.2) is 40.1 Å². The summed E-state index contributed by atoms with van der Waals surface area (Å²) >= 11 is 0. The highest BCUT2D eigenvalue weighted by atomic mass is 16.5. The molecular formula is C26H31N3O2. The Morgan fingerprint density at radius 3 is 2.84 bits per heavy atom. The van der Waals surface area contributed by atoms with Crippen LogP contribution >= 0.6 is 0 Å². The first-order valence-corrected chi connectivity index (χ1v) is 11.1. The quantitative estimate of drug-likeness (QED) is 0.363. The number of carbonyl (C=O) groups excluding carboxylic acids is 1. The summed E-state index contributed by atoms with van der Waals surface area (Å²) in [5.41, 5.74) is 4.57. The monoisotopic (exact) mass is 417 g/mol. The summed E-state index contributed by atoms with van der Waals surface area (Å²) in [6.07, 6.45) is 4.27. The van der Waals surface area contributed by atoms with Crippen LogP contribution in [0.4, 0.5) is 0 Å². The predicted octanol–water partition coefficient (Wildman–Crippen LogP) is 5.01. The third kappa shape index (κ3) is 4.66. The minimum Gasteiger partial charge on any atom is -0.493 e. The smallest absolute Gasteiger partial charge is 0.223 e. The lowest BCUT2D eigenvalue weighted by Gasteiger charge is -2.16. The summed E-state index contributed by atoms with van der Waals surface area (Å²) in [4.78, 5) is 19.2. The second-order valence-corrected chi connectivity index (χ2v) is 8.42. The standard InChI is InChI=1S/C26H31N3O2/c1-4-13-28-18-21(17-25(28)30)26-27-22-9-5-6-10-23(22)29(26)14-7-8-15-31-24-12-11-19(2)16-20(24)3/h4-6,9-12,16,21H,1,7-8,13-15,17-18H2,2-3H3/t21-/m1/s1. The van der Waals surface area contributed by atoms with Crippen LogP contribution in [0, 0.1) is 13.8 Å². The molecule has 3 aromatic rings. The number of aromatic nitrogens is 2. The molecule has 2 aromatic carbocycles. The van der Waals surface area contributed by atoms with Crippen molar-refractivity contribution >= 4 is 16.9 Å². The van der Waals surface area contributed by atoms with Crippen molar-refractivity contribution in [2.75, 3.05) is 19.7 Å². The number of likely N-dealkylation sites (tertiary alicyclic amines) is 1. The van der Waals surface area contributed by atoms with Gasteiger partial charge in [-0.15, -0.1) is 6.58 Å². The van der Waals surface area contributed by atoms with E-state index in [1.807, 2.05) is 11.0 Å². The van der Waals surface area contributed by atoms with Crippen molar-refractivity contribution in [1.29, 1.82) is 0 Å². The number of para-hydroxylation sites is 2. The van der Waals surface area contributed by atoms with Gasteiger partial charge in [-0.3, -0.25) is 4.79 Å². The van der Waals surface area contributed by atoms with Gasteiger partial charge in [0.15, 0.2) is 0 Å². The SMILES string of the molecule is C=CCN1C[C@H](c2nc3ccccc3n2CCCCOc2ccc(C)cc2C)CC1=O. The summed E-state index contributed by atoms with van der Waals surface area (Å²) in [6.45, 7) is 10.8. The molecule has 1 fully saturated rings. The number of nitrogens with zero attached hydrogens (tertiary/aromatic N) is 3. The Labute approximate surface area is 184 Å². The molecule has 1 saturated heterocycles. The second kappa shape index (κ2) is 9.38. The zero-order valence-corrected chi connectivity index (χ0v) is 18.5. The Kier molecular flexibility index (Phi) is 6.40. The Morgan fingerprint density at radius 1 is 1.19 bits per heavy atom. The molecule has 1 aliphatic heterocycles. The molecule has 0 radical (unpaired) electrons. The van der Waals surface area contributed by atoms with Gasteiger partial charge < -0.3 is 14.2 Å². The van der Waals surface area contributed by atoms with Crippen LogP contribution in [0.25, 0.3) is 11.0 Å². The number of unbranched alkanes of at least 4 members (excludes halogenated alkanes) is 1. The maximum atomic E-state index is 12.4. The zero-order valence-electron chi connectivity index (χ0n) is 18.5. The van der Waals surface area contributed by atoms with E-state index in [1.54, 1.807) is 6.08 Å². The van der Waals surface area contributed by atoms with E-state index in [4.69, 9.17) is 9.72 Å². The number of ether oxygens (including phenoxy) is 1. The molecule has 31 heavy (non-hydrogen) atoms. The van der Waals surface area contributed by atoms with Crippen molar-refractivity contribution in [3.8, 4) is 5.75 Å². The van der Waals surface area contributed by atoms with Crippen molar-refractivity contribution < 1.29 is 9.53 Å². The van der Waals surface area contributed by atoms with Crippen molar-refractivity contribution in [2.24, 2.45) is 0 Å². The highest BCUT2D eigenvalue weighted by molar-refractivity contribution is 5.81. The Morgan fingerprint density at radius 2 is 2.03 bits per heavy atom. The maximum Gasteiger partial charge on any atom is 0.223 e. The van der Waals surface area contributed by atoms with Gasteiger partial charge in [-0.05, 0) is 50.5 Å². The van der Waals surface area contributed by atoms with Crippen LogP contribution in [0.5, 0.6) is 5.75 Å². The lowest BCUT2D eigenvalue weighted by atomic mass is 10.1. The van der Waals surface area contributed by atoms with Gasteiger partial charge in [0.2, 0.25) is 5.91 Å². The predicted molar refractivity (Wildman–Crippen MR) is 125 cm³/mol. The van der Waals surface area contributed by atoms with E-state index in [0.717, 1.165) is 42.0 Å². The van der Waals surface area contributed by atoms with Crippen LogP contribution in [0.15, 0.2) is 55.1 Å². The lowest BCUT2D eigenvalue weighted by molar-refractivity contribution is -0.127. The molecule has 0 saturated carbocycles. The minimum atomic E-state index is 0.131. The molecule has 162 valence electrons. The van der Waals surface area contributed by atoms with Crippen LogP contribution in [0.3, 0.4) is 0 Å². The van der Waals surface area contributed by atoms with E-state index in [-0.39, 0.29) is 11.8 Å². The number of hydrogen-bond acceptors (Lipinski definition) is 3. The number of hydrogen-bond donors (Lipinski definition) is 0. The molecule has 0 aliphatic carbocycles. The third-order valence-corrected chi connectivity index (χ3v) is 5.98. The molecule has 1 aliphatic rings. The van der Waals surface area contributed by atoms with Crippen LogP contribution in [-0.2, 0) is 11.3 Å². The van der Waals surface area contributed by atoms with Gasteiger partial charge in [0, 0.05) is 32.0 Å². The molecule has 0 spiro atoms. The second-order valence-electron chi connectivity index (χ2n) is 8.42. The van der Waals surface area contributed by atoms with E-state index in [2.05, 4.69) is 61.4 Å². The fourth-order valence-corrected chi connectivity index (χ4v) is 4.43. The molecule has 1 atom stereocenters. The van der Waals surface area contributed by atoms with Gasteiger partial charge in [0.25, 0.3) is 0 Å². The van der Waals surface area contributed by atoms with Gasteiger partial charge in [-0.1, -0.05) is 35.9 Å². The van der Waals surface area contributed by atoms with Crippen molar-refractivity contribution in [2.45, 2.75) is 45.6 Å². The molecule has 0 unspecified atom stereocenters. The van der Waals surface area contributed by atoms with E-state index in [1.165, 1.54) is 11.1 Å². The van der Waals surface area contributed by atoms with E-state index < -0.39 is 0 Å². The molecule has 1 amide bonds. The molecule has 4 rings (SSSR count). The van der Waals surface area contributed by atoms with Gasteiger partial charge >= 0.3 is 0 Å². The summed E-state index contributed by atoms with van der Waals surface area (Å²) in [6, 6.07) is 14.5. The zero-order chi connectivity index (χ0) is 21.8. The van der Waals surface area contributed by atoms with E-state index in [0.29, 0.717) is 26.1 Å². The number of imidazole rings is 1. The molecule has 5 heteroatoms. The Bertz CT molecular complexity index is 1090. The lowest BCUT2D eigenvalue weighted by Crippen LogP contribution is -2.25. The highest BCUT2D eigenvalue weighted by Gasteiger charge is 2.33. The normalized spacial score (nSPS) is 16.3. The number of fused-ring (bicyclic) bond motifs is 1. The van der Waals surface area contributed by atoms with Crippen LogP contribution in [0.1, 0.15) is 42.1 Å². The molecule has 0 N–H and O–H groups in total. The van der Waals surface area contributed by atoms with Gasteiger partial charge in [0.1, 0.15) is 11.6 Å². The summed E-state index contributed by atoms with van der Waals surface area (Å²) in [5, 5.41) is 0. The number of aryl methyl sites for hydroxylation is 3. The Balaban J connectivity index is 1.43. The van der Waals surface area contributed by atoms with Gasteiger partial charge in [0.05, 0.1) is 17.6 Å². The molecule has 5 nitrogen and oxygen atoms in total. The minimum absolute atomic E-state index is 0.131. The van der Waals surface area contributed by atoms with Crippen molar-refractivity contribution in [3.63, 3.8) is 0 Å². The third-order valence-electron chi connectivity index (χ3n) is 5.98. The summed E-state index contributed by atoms with van der Waals surface area (Å²) < 4.78 is 8.31. The number of benzene rings is 2. The molecule has 1 aromatic heterocycles. The molecular weight excluding hydrogens is 386 g/mol. The van der Waals surface area contributed by atoms with E-state index >= 15 is 0 Å². The largest absolute Gasteiger partial charge is 0.493 e. The highest BCUT2D eigenvalue weighted by Crippen LogP contribution is 2.30. The number of amides is 1. The van der Waals surface area contributed by atoms with Crippen LogP contribution in [0.2, 0.25) is 0 Å². The van der Waals surface area contributed by atoms with E-state index in [9.17, 15) is 4.79 Å². The fourth-order valence-electron chi connectivity index (χ4n) is 4.43. The fraction of sp³-hybridized carbons (Fsp3) is 0.385. The van der Waals surface area contributed by atoms with Crippen molar-refractivity contribution in [3.05, 3.63) is 72.1 Å². The molecule has 2 heterocycles. The summed E-state index contributed by atoms with van der Waals surface area (Å²) in [5.74, 6) is 2.30. The number of rotatable bonds is 9.